The number of hydrogen-bond acceptors (Lipinski definition) is 5. The van der Waals surface area contributed by atoms with Crippen LogP contribution in [0.25, 0.3) is 0 Å². The molecule has 1 aliphatic heterocycles. The number of esters is 1. The summed E-state index contributed by atoms with van der Waals surface area (Å²) in [4.78, 5) is 25.5. The summed E-state index contributed by atoms with van der Waals surface area (Å²) in [5.41, 5.74) is 3.08. The molecule has 0 saturated heterocycles. The van der Waals surface area contributed by atoms with Gasteiger partial charge in [0.25, 0.3) is 5.91 Å². The van der Waals surface area contributed by atoms with Crippen LogP contribution in [0, 0.1) is 0 Å². The van der Waals surface area contributed by atoms with E-state index in [1.165, 1.54) is 5.01 Å². The van der Waals surface area contributed by atoms with Crippen molar-refractivity contribution in [2.24, 2.45) is 5.10 Å². The molecule has 0 radical (unpaired) electrons. The van der Waals surface area contributed by atoms with Gasteiger partial charge in [0.15, 0.2) is 6.61 Å². The lowest BCUT2D eigenvalue weighted by Gasteiger charge is -2.22. The Kier molecular flexibility index (Phi) is 7.50. The van der Waals surface area contributed by atoms with Crippen LogP contribution in [0.2, 0.25) is 10.0 Å². The summed E-state index contributed by atoms with van der Waals surface area (Å²) < 4.78 is 10.5. The summed E-state index contributed by atoms with van der Waals surface area (Å²) in [5, 5.41) is 6.71. The summed E-state index contributed by atoms with van der Waals surface area (Å²) in [7, 11) is 1.60. The average Bonchev–Trinajstić information content (AvgIpc) is 3.31. The van der Waals surface area contributed by atoms with Gasteiger partial charge in [-0.3, -0.25) is 9.59 Å². The van der Waals surface area contributed by atoms with E-state index in [-0.39, 0.29) is 12.5 Å². The number of halogens is 2. The molecule has 0 bridgehead atoms. The maximum absolute atomic E-state index is 13.1. The second kappa shape index (κ2) is 10.7. The first-order chi connectivity index (χ1) is 16.5. The first-order valence-electron chi connectivity index (χ1n) is 10.6. The first kappa shape index (κ1) is 23.8. The Bertz CT molecular complexity index is 1190. The molecular formula is C26H22Cl2N2O4. The maximum atomic E-state index is 13.1. The molecule has 1 unspecified atom stereocenters. The monoisotopic (exact) mass is 496 g/mol. The van der Waals surface area contributed by atoms with E-state index in [1.54, 1.807) is 25.3 Å². The molecule has 0 N–H and O–H groups in total. The minimum absolute atomic E-state index is 0.133. The van der Waals surface area contributed by atoms with E-state index < -0.39 is 18.5 Å². The van der Waals surface area contributed by atoms with E-state index in [4.69, 9.17) is 32.7 Å². The lowest BCUT2D eigenvalue weighted by Crippen LogP contribution is -2.31. The Hall–Kier alpha value is -3.35. The molecule has 174 valence electrons. The third kappa shape index (κ3) is 5.41. The zero-order chi connectivity index (χ0) is 24.1. The van der Waals surface area contributed by atoms with Gasteiger partial charge in [0.05, 0.1) is 25.3 Å². The molecule has 34 heavy (non-hydrogen) atoms. The Morgan fingerprint density at radius 2 is 1.65 bits per heavy atom. The number of hydrogen-bond donors (Lipinski definition) is 0. The molecule has 6 nitrogen and oxygen atoms in total. The topological polar surface area (TPSA) is 68.2 Å². The van der Waals surface area contributed by atoms with Gasteiger partial charge in [-0.15, -0.1) is 0 Å². The largest absolute Gasteiger partial charge is 0.497 e. The van der Waals surface area contributed by atoms with Crippen LogP contribution in [-0.4, -0.2) is 36.3 Å². The van der Waals surface area contributed by atoms with Crippen molar-refractivity contribution < 1.29 is 19.1 Å². The molecule has 0 aromatic heterocycles. The van der Waals surface area contributed by atoms with Gasteiger partial charge in [-0.25, -0.2) is 5.01 Å². The van der Waals surface area contributed by atoms with Gasteiger partial charge in [-0.05, 0) is 35.4 Å². The van der Waals surface area contributed by atoms with Crippen LogP contribution in [-0.2, 0) is 20.7 Å². The van der Waals surface area contributed by atoms with E-state index in [0.29, 0.717) is 22.0 Å². The zero-order valence-electron chi connectivity index (χ0n) is 18.4. The Balaban J connectivity index is 1.50. The highest BCUT2D eigenvalue weighted by atomic mass is 35.5. The lowest BCUT2D eigenvalue weighted by atomic mass is 9.98. The van der Waals surface area contributed by atoms with Crippen molar-refractivity contribution in [2.45, 2.75) is 18.9 Å². The van der Waals surface area contributed by atoms with Gasteiger partial charge in [0.2, 0.25) is 0 Å². The third-order valence-corrected chi connectivity index (χ3v) is 6.22. The van der Waals surface area contributed by atoms with Crippen molar-refractivity contribution in [1.29, 1.82) is 0 Å². The van der Waals surface area contributed by atoms with Crippen LogP contribution < -0.4 is 4.74 Å². The summed E-state index contributed by atoms with van der Waals surface area (Å²) in [6.07, 6.45) is 0.400. The normalized spacial score (nSPS) is 15.1. The highest BCUT2D eigenvalue weighted by Crippen LogP contribution is 2.33. The van der Waals surface area contributed by atoms with Gasteiger partial charge < -0.3 is 9.47 Å². The molecule has 0 spiro atoms. The predicted molar refractivity (Wildman–Crippen MR) is 131 cm³/mol. The quantitative estimate of drug-likeness (QED) is 0.407. The molecule has 1 amide bonds. The van der Waals surface area contributed by atoms with Gasteiger partial charge >= 0.3 is 5.97 Å². The minimum atomic E-state index is -0.601. The fourth-order valence-corrected chi connectivity index (χ4v) is 4.27. The summed E-state index contributed by atoms with van der Waals surface area (Å²) in [6, 6.07) is 21.8. The number of amides is 1. The second-order valence-electron chi connectivity index (χ2n) is 7.68. The molecule has 4 rings (SSSR count). The van der Waals surface area contributed by atoms with E-state index >= 15 is 0 Å². The van der Waals surface area contributed by atoms with Gasteiger partial charge in [0, 0.05) is 22.0 Å². The number of carbonyl (C=O) groups is 2. The Morgan fingerprint density at radius 3 is 2.29 bits per heavy atom. The standard InChI is InChI=1S/C26H22Cl2N2O4/c1-33-19-12-10-18(11-13-19)24-15-23(17-6-3-2-4-7-17)29-30(24)25(31)16-34-26(32)14-20-21(27)8-5-9-22(20)28/h2-13,24H,14-16H2,1H3. The number of carbonyl (C=O) groups excluding carboxylic acids is 2. The van der Waals surface area contributed by atoms with Gasteiger partial charge in [-0.2, -0.15) is 5.10 Å². The molecule has 8 heteroatoms. The van der Waals surface area contributed by atoms with Crippen LogP contribution >= 0.6 is 23.2 Å². The summed E-state index contributed by atoms with van der Waals surface area (Å²) in [5.74, 6) is -0.308. The molecule has 1 atom stereocenters. The summed E-state index contributed by atoms with van der Waals surface area (Å²) in [6.45, 7) is -0.445. The smallest absolute Gasteiger partial charge is 0.310 e. The number of ether oxygens (including phenoxy) is 2. The number of benzene rings is 3. The Morgan fingerprint density at radius 1 is 0.971 bits per heavy atom. The molecule has 0 fully saturated rings. The molecule has 1 heterocycles. The van der Waals surface area contributed by atoms with Crippen LogP contribution in [0.4, 0.5) is 0 Å². The molecule has 0 aliphatic carbocycles. The zero-order valence-corrected chi connectivity index (χ0v) is 19.9. The van der Waals surface area contributed by atoms with Crippen LogP contribution in [0.1, 0.15) is 29.2 Å². The fourth-order valence-electron chi connectivity index (χ4n) is 3.74. The van der Waals surface area contributed by atoms with Crippen LogP contribution in [0.5, 0.6) is 5.75 Å². The second-order valence-corrected chi connectivity index (χ2v) is 8.50. The van der Waals surface area contributed by atoms with Crippen molar-refractivity contribution in [3.05, 3.63) is 99.5 Å². The van der Waals surface area contributed by atoms with E-state index in [1.807, 2.05) is 54.6 Å². The molecular weight excluding hydrogens is 475 g/mol. The van der Waals surface area contributed by atoms with Crippen molar-refractivity contribution in [2.75, 3.05) is 13.7 Å². The number of nitrogens with zero attached hydrogens (tertiary/aromatic N) is 2. The van der Waals surface area contributed by atoms with Crippen molar-refractivity contribution >= 4 is 40.8 Å². The first-order valence-corrected chi connectivity index (χ1v) is 11.4. The maximum Gasteiger partial charge on any atom is 0.310 e. The lowest BCUT2D eigenvalue weighted by molar-refractivity contribution is -0.152. The minimum Gasteiger partial charge on any atom is -0.497 e. The number of hydrazone groups is 1. The van der Waals surface area contributed by atoms with Crippen LogP contribution in [0.15, 0.2) is 77.9 Å². The van der Waals surface area contributed by atoms with Crippen molar-refractivity contribution in [1.82, 2.24) is 5.01 Å². The molecule has 0 saturated carbocycles. The van der Waals surface area contributed by atoms with E-state index in [9.17, 15) is 9.59 Å². The van der Waals surface area contributed by atoms with Crippen molar-refractivity contribution in [3.63, 3.8) is 0 Å². The molecule has 3 aromatic carbocycles. The van der Waals surface area contributed by atoms with E-state index in [2.05, 4.69) is 5.10 Å². The molecule has 1 aliphatic rings. The number of methoxy groups -OCH3 is 1. The highest BCUT2D eigenvalue weighted by molar-refractivity contribution is 6.36. The summed E-state index contributed by atoms with van der Waals surface area (Å²) >= 11 is 12.3. The van der Waals surface area contributed by atoms with Crippen LogP contribution in [0.3, 0.4) is 0 Å². The molecule has 3 aromatic rings. The van der Waals surface area contributed by atoms with Gasteiger partial charge in [-0.1, -0.05) is 71.7 Å². The van der Waals surface area contributed by atoms with Crippen molar-refractivity contribution in [3.8, 4) is 5.75 Å². The average molecular weight is 497 g/mol. The Labute approximate surface area is 207 Å². The number of rotatable bonds is 7. The SMILES string of the molecule is COc1ccc(C2CC(c3ccccc3)=NN2C(=O)COC(=O)Cc2c(Cl)cccc2Cl)cc1. The fraction of sp³-hybridized carbons (Fsp3) is 0.192. The highest BCUT2D eigenvalue weighted by Gasteiger charge is 2.33. The third-order valence-electron chi connectivity index (χ3n) is 5.51. The van der Waals surface area contributed by atoms with Gasteiger partial charge in [0.1, 0.15) is 5.75 Å². The predicted octanol–water partition coefficient (Wildman–Crippen LogP) is 5.47. The van der Waals surface area contributed by atoms with E-state index in [0.717, 1.165) is 22.6 Å².